The lowest BCUT2D eigenvalue weighted by atomic mass is 10.1. The number of halogens is 7. The van der Waals surface area contributed by atoms with Crippen molar-refractivity contribution >= 4 is 57.4 Å². The molecule has 0 unspecified atom stereocenters. The zero-order valence-corrected chi connectivity index (χ0v) is 13.8. The summed E-state index contributed by atoms with van der Waals surface area (Å²) in [5.74, 6) is 0. The first-order chi connectivity index (χ1) is 9.21. The van der Waals surface area contributed by atoms with Crippen LogP contribution in [0.15, 0.2) is 24.4 Å². The highest BCUT2D eigenvalue weighted by molar-refractivity contribution is 14.1. The molecule has 0 aliphatic carbocycles. The molecule has 106 valence electrons. The molecule has 1 heterocycles. The lowest BCUT2D eigenvalue weighted by Crippen LogP contribution is -2.11. The maximum Gasteiger partial charge on any atom is 0.419 e. The van der Waals surface area contributed by atoms with Crippen LogP contribution in [0.25, 0.3) is 11.3 Å². The highest BCUT2D eigenvalue weighted by Crippen LogP contribution is 2.43. The summed E-state index contributed by atoms with van der Waals surface area (Å²) in [6.07, 6.45) is -3.29. The predicted octanol–water partition coefficient (Wildman–Crippen LogP) is 6.33. The molecule has 0 aliphatic rings. The molecular weight excluding hydrogens is 448 g/mol. The van der Waals surface area contributed by atoms with Gasteiger partial charge in [0.25, 0.3) is 0 Å². The molecule has 0 N–H and O–H groups in total. The summed E-state index contributed by atoms with van der Waals surface area (Å²) >= 11 is 19.3. The van der Waals surface area contributed by atoms with Gasteiger partial charge >= 0.3 is 6.18 Å². The molecule has 8 heteroatoms. The number of hydrogen-bond donors (Lipinski definition) is 0. The zero-order valence-electron chi connectivity index (χ0n) is 9.40. The van der Waals surface area contributed by atoms with Gasteiger partial charge in [-0.05, 0) is 40.8 Å². The number of pyridine rings is 1. The molecular formula is C12H4Cl3F3IN. The van der Waals surface area contributed by atoms with Crippen molar-refractivity contribution in [3.8, 4) is 11.3 Å². The first-order valence-electron chi connectivity index (χ1n) is 5.08. The van der Waals surface area contributed by atoms with E-state index < -0.39 is 11.7 Å². The Labute approximate surface area is 141 Å². The highest BCUT2D eigenvalue weighted by Gasteiger charge is 2.37. The quantitative estimate of drug-likeness (QED) is 0.461. The van der Waals surface area contributed by atoms with Crippen LogP contribution < -0.4 is 0 Å². The van der Waals surface area contributed by atoms with Crippen molar-refractivity contribution in [1.29, 1.82) is 0 Å². The van der Waals surface area contributed by atoms with E-state index in [1.54, 1.807) is 22.6 Å². The second-order valence-electron chi connectivity index (χ2n) is 3.76. The van der Waals surface area contributed by atoms with Gasteiger partial charge in [-0.15, -0.1) is 0 Å². The number of benzene rings is 1. The van der Waals surface area contributed by atoms with Gasteiger partial charge in [0.15, 0.2) is 0 Å². The minimum atomic E-state index is -4.56. The fourth-order valence-electron chi connectivity index (χ4n) is 1.67. The maximum atomic E-state index is 13.2. The van der Waals surface area contributed by atoms with Crippen LogP contribution in [0.4, 0.5) is 13.2 Å². The van der Waals surface area contributed by atoms with Gasteiger partial charge in [-0.25, -0.2) is 0 Å². The van der Waals surface area contributed by atoms with Crippen molar-refractivity contribution in [2.75, 3.05) is 0 Å². The largest absolute Gasteiger partial charge is 0.419 e. The number of nitrogens with zero attached hydrogens (tertiary/aromatic N) is 1. The molecule has 0 spiro atoms. The van der Waals surface area contributed by atoms with E-state index in [2.05, 4.69) is 4.98 Å². The van der Waals surface area contributed by atoms with E-state index in [9.17, 15) is 13.2 Å². The summed E-state index contributed by atoms with van der Waals surface area (Å²) in [6, 6.07) is 3.92. The van der Waals surface area contributed by atoms with Gasteiger partial charge in [0.05, 0.1) is 21.3 Å². The van der Waals surface area contributed by atoms with Crippen molar-refractivity contribution in [1.82, 2.24) is 4.98 Å². The van der Waals surface area contributed by atoms with Gasteiger partial charge < -0.3 is 0 Å². The molecule has 0 aliphatic heterocycles. The molecule has 0 saturated carbocycles. The summed E-state index contributed by atoms with van der Waals surface area (Å²) in [5.41, 5.74) is -1.16. The SMILES string of the molecule is FC(F)(F)c1c(I)ccnc1-c1c(Cl)cc(Cl)cc1Cl. The summed E-state index contributed by atoms with van der Waals surface area (Å²) in [4.78, 5) is 3.79. The maximum absolute atomic E-state index is 13.2. The molecule has 20 heavy (non-hydrogen) atoms. The molecule has 1 nitrogen and oxygen atoms in total. The van der Waals surface area contributed by atoms with Crippen LogP contribution in [0.2, 0.25) is 15.1 Å². The van der Waals surface area contributed by atoms with Crippen LogP contribution in [0.3, 0.4) is 0 Å². The Morgan fingerprint density at radius 2 is 1.60 bits per heavy atom. The van der Waals surface area contributed by atoms with Crippen molar-refractivity contribution in [2.24, 2.45) is 0 Å². The predicted molar refractivity (Wildman–Crippen MR) is 82.4 cm³/mol. The standard InChI is InChI=1S/C12H4Cl3F3IN/c13-5-3-6(14)9(7(15)4-5)11-10(12(16,17)18)8(19)1-2-20-11/h1-4H. The van der Waals surface area contributed by atoms with E-state index in [-0.39, 0.29) is 29.9 Å². The van der Waals surface area contributed by atoms with E-state index in [1.165, 1.54) is 24.4 Å². The van der Waals surface area contributed by atoms with Crippen molar-refractivity contribution in [2.45, 2.75) is 6.18 Å². The van der Waals surface area contributed by atoms with Gasteiger partial charge in [0.2, 0.25) is 0 Å². The molecule has 2 rings (SSSR count). The lowest BCUT2D eigenvalue weighted by molar-refractivity contribution is -0.137. The number of rotatable bonds is 1. The summed E-state index contributed by atoms with van der Waals surface area (Å²) in [5, 5.41) is 0.271. The molecule has 0 atom stereocenters. The van der Waals surface area contributed by atoms with Gasteiger partial charge in [-0.1, -0.05) is 34.8 Å². The fraction of sp³-hybridized carbons (Fsp3) is 0.0833. The third kappa shape index (κ3) is 3.16. The van der Waals surface area contributed by atoms with Crippen LogP contribution in [0.5, 0.6) is 0 Å². The average Bonchev–Trinajstić information content (AvgIpc) is 2.25. The lowest BCUT2D eigenvalue weighted by Gasteiger charge is -2.15. The number of aromatic nitrogens is 1. The van der Waals surface area contributed by atoms with Gasteiger partial charge in [0, 0.05) is 20.4 Å². The Morgan fingerprint density at radius 1 is 1.05 bits per heavy atom. The molecule has 0 radical (unpaired) electrons. The molecule has 0 saturated heterocycles. The second-order valence-corrected chi connectivity index (χ2v) is 6.17. The highest BCUT2D eigenvalue weighted by atomic mass is 127. The Morgan fingerprint density at radius 3 is 2.10 bits per heavy atom. The molecule has 0 amide bonds. The van der Waals surface area contributed by atoms with Crippen LogP contribution in [-0.2, 0) is 6.18 Å². The minimum absolute atomic E-state index is 0.0159. The summed E-state index contributed by atoms with van der Waals surface area (Å²) in [6.45, 7) is 0. The van der Waals surface area contributed by atoms with Gasteiger partial charge in [0.1, 0.15) is 0 Å². The van der Waals surface area contributed by atoms with E-state index in [1.807, 2.05) is 0 Å². The van der Waals surface area contributed by atoms with Crippen LogP contribution >= 0.6 is 57.4 Å². The van der Waals surface area contributed by atoms with Crippen molar-refractivity contribution < 1.29 is 13.2 Å². The number of hydrogen-bond acceptors (Lipinski definition) is 1. The van der Waals surface area contributed by atoms with Crippen molar-refractivity contribution in [3.63, 3.8) is 0 Å². The summed E-state index contributed by atoms with van der Waals surface area (Å²) < 4.78 is 39.6. The normalized spacial score (nSPS) is 11.8. The van der Waals surface area contributed by atoms with Crippen LogP contribution in [-0.4, -0.2) is 4.98 Å². The molecule has 2 aromatic rings. The molecule has 1 aromatic heterocycles. The summed E-state index contributed by atoms with van der Waals surface area (Å²) in [7, 11) is 0. The monoisotopic (exact) mass is 451 g/mol. The minimum Gasteiger partial charge on any atom is -0.255 e. The van der Waals surface area contributed by atoms with Crippen LogP contribution in [0, 0.1) is 3.57 Å². The molecule has 0 bridgehead atoms. The first kappa shape index (κ1) is 16.1. The average molecular weight is 452 g/mol. The third-order valence-corrected chi connectivity index (χ3v) is 4.14. The Kier molecular flexibility index (Phi) is 4.73. The van der Waals surface area contributed by atoms with Crippen LogP contribution in [0.1, 0.15) is 5.56 Å². The number of alkyl halides is 3. The van der Waals surface area contributed by atoms with E-state index in [4.69, 9.17) is 34.8 Å². The third-order valence-electron chi connectivity index (χ3n) is 2.43. The molecule has 1 aromatic carbocycles. The Balaban J connectivity index is 2.81. The fourth-order valence-corrected chi connectivity index (χ4v) is 3.38. The van der Waals surface area contributed by atoms with Gasteiger partial charge in [-0.2, -0.15) is 13.2 Å². The first-order valence-corrected chi connectivity index (χ1v) is 7.29. The second kappa shape index (κ2) is 5.87. The van der Waals surface area contributed by atoms with Crippen molar-refractivity contribution in [3.05, 3.63) is 48.6 Å². The smallest absolute Gasteiger partial charge is 0.255 e. The van der Waals surface area contributed by atoms with Gasteiger partial charge in [-0.3, -0.25) is 4.98 Å². The Hall–Kier alpha value is -0.240. The molecule has 0 fully saturated rings. The van der Waals surface area contributed by atoms with E-state index in [0.717, 1.165) is 0 Å². The Bertz CT molecular complexity index is 650. The van der Waals surface area contributed by atoms with E-state index in [0.29, 0.717) is 0 Å². The van der Waals surface area contributed by atoms with E-state index >= 15 is 0 Å². The topological polar surface area (TPSA) is 12.9 Å². The zero-order chi connectivity index (χ0) is 15.1.